The molecule has 4 atom stereocenters. The van der Waals surface area contributed by atoms with Crippen LogP contribution in [0.4, 0.5) is 0 Å². The predicted octanol–water partition coefficient (Wildman–Crippen LogP) is 1.41. The molecule has 2 saturated carbocycles. The molecule has 2 fully saturated rings. The lowest BCUT2D eigenvalue weighted by atomic mass is 9.88. The SMILES string of the molecule is C[C@H]1CC[C@@H]2C[C@@H]2[C@@H]1O. The molecule has 52 valence electrons. The normalized spacial score (nSPS) is 56.7. The molecular formula is C8H14O. The summed E-state index contributed by atoms with van der Waals surface area (Å²) in [5.41, 5.74) is 0. The molecule has 0 unspecified atom stereocenters. The first-order valence-corrected chi connectivity index (χ1v) is 3.97. The third-order valence-corrected chi connectivity index (χ3v) is 2.99. The van der Waals surface area contributed by atoms with E-state index >= 15 is 0 Å². The van der Waals surface area contributed by atoms with Crippen LogP contribution in [0.3, 0.4) is 0 Å². The standard InChI is InChI=1S/C8H14O/c1-5-2-3-6-4-7(6)8(5)9/h5-9H,2-4H2,1H3/t5-,6+,7-,8+/m0/s1. The second-order valence-electron chi connectivity index (χ2n) is 3.70. The summed E-state index contributed by atoms with van der Waals surface area (Å²) in [4.78, 5) is 0. The van der Waals surface area contributed by atoms with Gasteiger partial charge in [0.2, 0.25) is 0 Å². The molecule has 2 aliphatic rings. The van der Waals surface area contributed by atoms with Crippen molar-refractivity contribution in [1.82, 2.24) is 0 Å². The van der Waals surface area contributed by atoms with Crippen LogP contribution in [-0.2, 0) is 0 Å². The maximum atomic E-state index is 9.49. The summed E-state index contributed by atoms with van der Waals surface area (Å²) in [5, 5.41) is 9.49. The van der Waals surface area contributed by atoms with Crippen LogP contribution in [0.25, 0.3) is 0 Å². The summed E-state index contributed by atoms with van der Waals surface area (Å²) in [7, 11) is 0. The molecule has 0 bridgehead atoms. The van der Waals surface area contributed by atoms with Gasteiger partial charge < -0.3 is 5.11 Å². The van der Waals surface area contributed by atoms with Crippen LogP contribution in [0.5, 0.6) is 0 Å². The highest BCUT2D eigenvalue weighted by molar-refractivity contribution is 4.97. The minimum absolute atomic E-state index is 0.0451. The van der Waals surface area contributed by atoms with Crippen LogP contribution in [0.2, 0.25) is 0 Å². The van der Waals surface area contributed by atoms with Gasteiger partial charge in [-0.1, -0.05) is 6.92 Å². The van der Waals surface area contributed by atoms with Crippen LogP contribution in [0.15, 0.2) is 0 Å². The van der Waals surface area contributed by atoms with Crippen LogP contribution < -0.4 is 0 Å². The number of aliphatic hydroxyl groups is 1. The van der Waals surface area contributed by atoms with Crippen molar-refractivity contribution in [3.05, 3.63) is 0 Å². The first-order valence-electron chi connectivity index (χ1n) is 3.97. The molecule has 2 rings (SSSR count). The molecule has 1 nitrogen and oxygen atoms in total. The predicted molar refractivity (Wildman–Crippen MR) is 36.0 cm³/mol. The smallest absolute Gasteiger partial charge is 0.0596 e. The van der Waals surface area contributed by atoms with Crippen molar-refractivity contribution >= 4 is 0 Å². The molecule has 9 heavy (non-hydrogen) atoms. The molecule has 1 heteroatoms. The van der Waals surface area contributed by atoms with Gasteiger partial charge in [0.05, 0.1) is 6.10 Å². The fraction of sp³-hybridized carbons (Fsp3) is 1.00. The molecular weight excluding hydrogens is 112 g/mol. The van der Waals surface area contributed by atoms with Gasteiger partial charge >= 0.3 is 0 Å². The van der Waals surface area contributed by atoms with E-state index in [-0.39, 0.29) is 6.10 Å². The summed E-state index contributed by atoms with van der Waals surface area (Å²) < 4.78 is 0. The Hall–Kier alpha value is -0.0400. The van der Waals surface area contributed by atoms with E-state index in [1.807, 2.05) is 0 Å². The summed E-state index contributed by atoms with van der Waals surface area (Å²) in [6.07, 6.45) is 3.99. The molecule has 0 saturated heterocycles. The van der Waals surface area contributed by atoms with Crippen molar-refractivity contribution in [2.75, 3.05) is 0 Å². The van der Waals surface area contributed by atoms with Gasteiger partial charge in [0, 0.05) is 0 Å². The van der Waals surface area contributed by atoms with Crippen LogP contribution in [0, 0.1) is 17.8 Å². The highest BCUT2D eigenvalue weighted by Crippen LogP contribution is 2.51. The summed E-state index contributed by atoms with van der Waals surface area (Å²) in [6, 6.07) is 0. The van der Waals surface area contributed by atoms with Gasteiger partial charge in [0.15, 0.2) is 0 Å². The molecule has 0 aromatic carbocycles. The van der Waals surface area contributed by atoms with Crippen LogP contribution in [-0.4, -0.2) is 11.2 Å². The molecule has 0 heterocycles. The molecule has 0 aromatic heterocycles. The van der Waals surface area contributed by atoms with Crippen molar-refractivity contribution in [3.8, 4) is 0 Å². The van der Waals surface area contributed by atoms with Crippen molar-refractivity contribution in [2.24, 2.45) is 17.8 Å². The quantitative estimate of drug-likeness (QED) is 0.520. The highest BCUT2D eigenvalue weighted by Gasteiger charge is 2.47. The third kappa shape index (κ3) is 0.787. The van der Waals surface area contributed by atoms with E-state index in [0.29, 0.717) is 11.8 Å². The third-order valence-electron chi connectivity index (χ3n) is 2.99. The van der Waals surface area contributed by atoms with Crippen LogP contribution >= 0.6 is 0 Å². The first-order chi connectivity index (χ1) is 4.29. The minimum Gasteiger partial charge on any atom is -0.393 e. The van der Waals surface area contributed by atoms with Crippen molar-refractivity contribution in [3.63, 3.8) is 0 Å². The first kappa shape index (κ1) is 5.72. The molecule has 0 aliphatic heterocycles. The molecule has 1 N–H and O–H groups in total. The Morgan fingerprint density at radius 3 is 2.78 bits per heavy atom. The number of hydrogen-bond donors (Lipinski definition) is 1. The van der Waals surface area contributed by atoms with Gasteiger partial charge in [-0.05, 0) is 37.0 Å². The average Bonchev–Trinajstić information content (AvgIpc) is 2.58. The Kier molecular flexibility index (Phi) is 1.10. The van der Waals surface area contributed by atoms with E-state index in [1.165, 1.54) is 19.3 Å². The minimum atomic E-state index is 0.0451. The molecule has 2 aliphatic carbocycles. The fourth-order valence-electron chi connectivity index (χ4n) is 2.09. The van der Waals surface area contributed by atoms with Gasteiger partial charge in [-0.3, -0.25) is 0 Å². The van der Waals surface area contributed by atoms with E-state index in [0.717, 1.165) is 5.92 Å². The van der Waals surface area contributed by atoms with E-state index in [9.17, 15) is 5.11 Å². The average molecular weight is 126 g/mol. The van der Waals surface area contributed by atoms with Gasteiger partial charge in [-0.25, -0.2) is 0 Å². The lowest BCUT2D eigenvalue weighted by molar-refractivity contribution is 0.0662. The molecule has 0 radical (unpaired) electrons. The molecule has 0 aromatic rings. The summed E-state index contributed by atoms with van der Waals surface area (Å²) >= 11 is 0. The zero-order valence-electron chi connectivity index (χ0n) is 5.88. The zero-order chi connectivity index (χ0) is 6.43. The fourth-order valence-corrected chi connectivity index (χ4v) is 2.09. The molecule has 0 amide bonds. The van der Waals surface area contributed by atoms with Gasteiger partial charge in [0.25, 0.3) is 0 Å². The van der Waals surface area contributed by atoms with Gasteiger partial charge in [0.1, 0.15) is 0 Å². The Labute approximate surface area is 56.1 Å². The topological polar surface area (TPSA) is 20.2 Å². The maximum Gasteiger partial charge on any atom is 0.0596 e. The van der Waals surface area contributed by atoms with Crippen molar-refractivity contribution < 1.29 is 5.11 Å². The Morgan fingerprint density at radius 2 is 2.11 bits per heavy atom. The van der Waals surface area contributed by atoms with Crippen LogP contribution in [0.1, 0.15) is 26.2 Å². The Bertz CT molecular complexity index is 120. The monoisotopic (exact) mass is 126 g/mol. The number of rotatable bonds is 0. The summed E-state index contributed by atoms with van der Waals surface area (Å²) in [6.45, 7) is 2.17. The van der Waals surface area contributed by atoms with Gasteiger partial charge in [-0.2, -0.15) is 0 Å². The number of aliphatic hydroxyl groups excluding tert-OH is 1. The molecule has 0 spiro atoms. The van der Waals surface area contributed by atoms with E-state index in [2.05, 4.69) is 6.92 Å². The zero-order valence-corrected chi connectivity index (χ0v) is 5.88. The van der Waals surface area contributed by atoms with E-state index in [1.54, 1.807) is 0 Å². The second kappa shape index (κ2) is 1.72. The van der Waals surface area contributed by atoms with Gasteiger partial charge in [-0.15, -0.1) is 0 Å². The lowest BCUT2D eigenvalue weighted by Gasteiger charge is -2.23. The number of fused-ring (bicyclic) bond motifs is 1. The van der Waals surface area contributed by atoms with Crippen molar-refractivity contribution in [1.29, 1.82) is 0 Å². The largest absolute Gasteiger partial charge is 0.393 e. The van der Waals surface area contributed by atoms with E-state index in [4.69, 9.17) is 0 Å². The van der Waals surface area contributed by atoms with E-state index < -0.39 is 0 Å². The number of hydrogen-bond acceptors (Lipinski definition) is 1. The second-order valence-corrected chi connectivity index (χ2v) is 3.70. The lowest BCUT2D eigenvalue weighted by Crippen LogP contribution is -2.24. The van der Waals surface area contributed by atoms with Crippen molar-refractivity contribution in [2.45, 2.75) is 32.3 Å². The highest BCUT2D eigenvalue weighted by atomic mass is 16.3. The maximum absolute atomic E-state index is 9.49. The Morgan fingerprint density at radius 1 is 1.33 bits per heavy atom. The Balaban J connectivity index is 2.02. The summed E-state index contributed by atoms with van der Waals surface area (Å²) in [5.74, 6) is 2.19.